The van der Waals surface area contributed by atoms with Gasteiger partial charge in [-0.2, -0.15) is 4.31 Å². The molecule has 0 aliphatic carbocycles. The van der Waals surface area contributed by atoms with Gasteiger partial charge in [-0.15, -0.1) is 0 Å². The number of primary amides is 1. The second-order valence-corrected chi connectivity index (χ2v) is 9.56. The lowest BCUT2D eigenvalue weighted by atomic mass is 9.96. The van der Waals surface area contributed by atoms with Crippen LogP contribution in [0.1, 0.15) is 28.8 Å². The summed E-state index contributed by atoms with van der Waals surface area (Å²) >= 11 is 0. The zero-order chi connectivity index (χ0) is 20.5. The molecule has 3 rings (SSSR count). The fraction of sp³-hybridized carbons (Fsp3) is 0.579. The molecule has 9 heteroatoms. The number of piperazine rings is 1. The Morgan fingerprint density at radius 3 is 2.21 bits per heavy atom. The molecular formula is C19H28N4O4S. The average molecular weight is 409 g/mol. The molecule has 1 aromatic carbocycles. The zero-order valence-corrected chi connectivity index (χ0v) is 17.2. The van der Waals surface area contributed by atoms with E-state index in [0.29, 0.717) is 63.2 Å². The summed E-state index contributed by atoms with van der Waals surface area (Å²) < 4.78 is 27.7. The Bertz CT molecular complexity index is 855. The van der Waals surface area contributed by atoms with Crippen LogP contribution in [0.3, 0.4) is 0 Å². The van der Waals surface area contributed by atoms with Gasteiger partial charge in [0.25, 0.3) is 5.91 Å². The van der Waals surface area contributed by atoms with Gasteiger partial charge in [0.1, 0.15) is 0 Å². The standard InChI is InChI=1S/C19H28N4O4S/c1-14-3-4-16(19(25)22-7-5-15(6-8-22)18(20)24)13-17(14)28(26,27)23-11-9-21(2)10-12-23/h3-4,13,15H,5-12H2,1-2H3,(H2,20,24). The maximum Gasteiger partial charge on any atom is 0.253 e. The molecule has 0 unspecified atom stereocenters. The minimum absolute atomic E-state index is 0.190. The Hall–Kier alpha value is -1.97. The topological polar surface area (TPSA) is 104 Å². The number of nitrogens with two attached hydrogens (primary N) is 1. The number of benzene rings is 1. The summed E-state index contributed by atoms with van der Waals surface area (Å²) in [5, 5.41) is 0. The summed E-state index contributed by atoms with van der Waals surface area (Å²) in [4.78, 5) is 28.1. The number of carbonyl (C=O) groups excluding carboxylic acids is 2. The predicted octanol–water partition coefficient (Wildman–Crippen LogP) is 0.269. The Balaban J connectivity index is 1.80. The van der Waals surface area contributed by atoms with Crippen molar-refractivity contribution in [3.63, 3.8) is 0 Å². The number of hydrogen-bond donors (Lipinski definition) is 1. The first-order valence-corrected chi connectivity index (χ1v) is 11.0. The first-order valence-electron chi connectivity index (χ1n) is 9.58. The summed E-state index contributed by atoms with van der Waals surface area (Å²) in [6.07, 6.45) is 1.08. The number of amides is 2. The Morgan fingerprint density at radius 1 is 1.04 bits per heavy atom. The molecule has 0 saturated carbocycles. The second kappa shape index (κ2) is 8.18. The van der Waals surface area contributed by atoms with Crippen LogP contribution in [-0.4, -0.2) is 80.7 Å². The van der Waals surface area contributed by atoms with E-state index in [1.165, 1.54) is 10.4 Å². The van der Waals surface area contributed by atoms with Gasteiger partial charge in [-0.05, 0) is 44.5 Å². The summed E-state index contributed by atoms with van der Waals surface area (Å²) in [6, 6.07) is 4.85. The van der Waals surface area contributed by atoms with Crippen molar-refractivity contribution in [2.75, 3.05) is 46.3 Å². The minimum atomic E-state index is -3.65. The number of rotatable bonds is 4. The molecule has 2 fully saturated rings. The summed E-state index contributed by atoms with van der Waals surface area (Å²) in [5.74, 6) is -0.740. The molecule has 0 aromatic heterocycles. The van der Waals surface area contributed by atoms with Gasteiger partial charge in [-0.1, -0.05) is 6.07 Å². The molecule has 0 spiro atoms. The van der Waals surface area contributed by atoms with Crippen molar-refractivity contribution in [2.24, 2.45) is 11.7 Å². The number of hydrogen-bond acceptors (Lipinski definition) is 5. The number of sulfonamides is 1. The number of nitrogens with zero attached hydrogens (tertiary/aromatic N) is 3. The van der Waals surface area contributed by atoms with Crippen LogP contribution in [0.4, 0.5) is 0 Å². The number of piperidine rings is 1. The average Bonchev–Trinajstić information content (AvgIpc) is 2.68. The highest BCUT2D eigenvalue weighted by Gasteiger charge is 2.31. The van der Waals surface area contributed by atoms with Crippen LogP contribution >= 0.6 is 0 Å². The Labute approximate surface area is 166 Å². The molecule has 2 aliphatic rings. The molecule has 0 atom stereocenters. The van der Waals surface area contributed by atoms with Gasteiger partial charge in [-0.25, -0.2) is 8.42 Å². The summed E-state index contributed by atoms with van der Waals surface area (Å²) in [7, 11) is -1.68. The third-order valence-corrected chi connectivity index (χ3v) is 7.74. The van der Waals surface area contributed by atoms with Crippen LogP contribution in [0.15, 0.2) is 23.1 Å². The van der Waals surface area contributed by atoms with Crippen LogP contribution in [0, 0.1) is 12.8 Å². The van der Waals surface area contributed by atoms with Gasteiger partial charge >= 0.3 is 0 Å². The van der Waals surface area contributed by atoms with Crippen molar-refractivity contribution in [2.45, 2.75) is 24.7 Å². The first-order chi connectivity index (χ1) is 13.2. The van der Waals surface area contributed by atoms with Crippen molar-refractivity contribution >= 4 is 21.8 Å². The fourth-order valence-electron chi connectivity index (χ4n) is 3.73. The Kier molecular flexibility index (Phi) is 6.07. The van der Waals surface area contributed by atoms with E-state index in [0.717, 1.165) is 0 Å². The highest BCUT2D eigenvalue weighted by Crippen LogP contribution is 2.24. The van der Waals surface area contributed by atoms with E-state index in [4.69, 9.17) is 5.73 Å². The van der Waals surface area contributed by atoms with Gasteiger partial charge in [0.05, 0.1) is 4.90 Å². The molecule has 0 radical (unpaired) electrons. The summed E-state index contributed by atoms with van der Waals surface area (Å²) in [5.41, 5.74) is 6.33. The molecule has 2 saturated heterocycles. The molecule has 1 aromatic rings. The van der Waals surface area contributed by atoms with Gasteiger partial charge < -0.3 is 15.5 Å². The van der Waals surface area contributed by atoms with Crippen LogP contribution in [0.2, 0.25) is 0 Å². The molecule has 2 aliphatic heterocycles. The third kappa shape index (κ3) is 4.21. The molecule has 2 N–H and O–H groups in total. The third-order valence-electron chi connectivity index (χ3n) is 5.70. The lowest BCUT2D eigenvalue weighted by molar-refractivity contribution is -0.123. The summed E-state index contributed by atoms with van der Waals surface area (Å²) in [6.45, 7) is 4.89. The molecule has 8 nitrogen and oxygen atoms in total. The highest BCUT2D eigenvalue weighted by atomic mass is 32.2. The first kappa shape index (κ1) is 20.8. The smallest absolute Gasteiger partial charge is 0.253 e. The highest BCUT2D eigenvalue weighted by molar-refractivity contribution is 7.89. The van der Waals surface area contributed by atoms with Crippen LogP contribution in [-0.2, 0) is 14.8 Å². The van der Waals surface area contributed by atoms with E-state index >= 15 is 0 Å². The SMILES string of the molecule is Cc1ccc(C(=O)N2CCC(C(N)=O)CC2)cc1S(=O)(=O)N1CCN(C)CC1. The van der Waals surface area contributed by atoms with Gasteiger partial charge in [0.2, 0.25) is 15.9 Å². The van der Waals surface area contributed by atoms with E-state index < -0.39 is 10.0 Å². The maximum absolute atomic E-state index is 13.1. The number of aryl methyl sites for hydroxylation is 1. The predicted molar refractivity (Wildman–Crippen MR) is 105 cm³/mol. The molecule has 2 heterocycles. The van der Waals surface area contributed by atoms with Crippen molar-refractivity contribution in [3.8, 4) is 0 Å². The van der Waals surface area contributed by atoms with E-state index in [2.05, 4.69) is 4.90 Å². The van der Waals surface area contributed by atoms with E-state index in [1.54, 1.807) is 24.0 Å². The Morgan fingerprint density at radius 2 is 1.64 bits per heavy atom. The number of likely N-dealkylation sites (tertiary alicyclic amines) is 1. The van der Waals surface area contributed by atoms with Crippen LogP contribution in [0.5, 0.6) is 0 Å². The van der Waals surface area contributed by atoms with E-state index in [1.807, 2.05) is 7.05 Å². The lowest BCUT2D eigenvalue weighted by Crippen LogP contribution is -2.47. The second-order valence-electron chi connectivity index (χ2n) is 7.66. The molecule has 0 bridgehead atoms. The maximum atomic E-state index is 13.1. The normalized spacial score (nSPS) is 20.3. The van der Waals surface area contributed by atoms with E-state index in [-0.39, 0.29) is 22.6 Å². The number of carbonyl (C=O) groups is 2. The molecular weight excluding hydrogens is 380 g/mol. The van der Waals surface area contributed by atoms with Crippen LogP contribution in [0.25, 0.3) is 0 Å². The fourth-order valence-corrected chi connectivity index (χ4v) is 5.40. The monoisotopic (exact) mass is 408 g/mol. The van der Waals surface area contributed by atoms with Gasteiger partial charge in [0, 0.05) is 50.7 Å². The van der Waals surface area contributed by atoms with Crippen molar-refractivity contribution in [1.29, 1.82) is 0 Å². The molecule has 154 valence electrons. The number of likely N-dealkylation sites (N-methyl/N-ethyl adjacent to an activating group) is 1. The molecule has 2 amide bonds. The quantitative estimate of drug-likeness (QED) is 0.770. The van der Waals surface area contributed by atoms with Crippen molar-refractivity contribution < 1.29 is 18.0 Å². The van der Waals surface area contributed by atoms with Gasteiger partial charge in [0.15, 0.2) is 0 Å². The van der Waals surface area contributed by atoms with E-state index in [9.17, 15) is 18.0 Å². The minimum Gasteiger partial charge on any atom is -0.369 e. The van der Waals surface area contributed by atoms with Crippen LogP contribution < -0.4 is 5.73 Å². The van der Waals surface area contributed by atoms with Crippen molar-refractivity contribution in [3.05, 3.63) is 29.3 Å². The lowest BCUT2D eigenvalue weighted by Gasteiger charge is -2.32. The zero-order valence-electron chi connectivity index (χ0n) is 16.4. The largest absolute Gasteiger partial charge is 0.369 e. The molecule has 28 heavy (non-hydrogen) atoms. The van der Waals surface area contributed by atoms with Gasteiger partial charge in [-0.3, -0.25) is 9.59 Å². The van der Waals surface area contributed by atoms with Crippen molar-refractivity contribution in [1.82, 2.24) is 14.1 Å².